The molecule has 3 atom stereocenters. The van der Waals surface area contributed by atoms with Crippen LogP contribution in [0, 0.1) is 12.8 Å². The van der Waals surface area contributed by atoms with Gasteiger partial charge in [0, 0.05) is 25.7 Å². The van der Waals surface area contributed by atoms with Crippen LogP contribution in [0.4, 0.5) is 0 Å². The Morgan fingerprint density at radius 3 is 2.77 bits per heavy atom. The average molecular weight is 329 g/mol. The molecule has 0 amide bonds. The predicted molar refractivity (Wildman–Crippen MR) is 79.8 cm³/mol. The number of ether oxygens (including phenoxy) is 1. The number of morpholine rings is 1. The first-order valence-corrected chi connectivity index (χ1v) is 9.13. The van der Waals surface area contributed by atoms with Crippen LogP contribution in [0.2, 0.25) is 0 Å². The van der Waals surface area contributed by atoms with Crippen LogP contribution in [0.15, 0.2) is 11.2 Å². The van der Waals surface area contributed by atoms with Gasteiger partial charge in [-0.05, 0) is 19.8 Å². The topological polar surface area (TPSA) is 84.7 Å². The van der Waals surface area contributed by atoms with Crippen molar-refractivity contribution in [1.82, 2.24) is 13.9 Å². The second-order valence-corrected chi connectivity index (χ2v) is 7.99. The minimum atomic E-state index is -3.66. The first-order valence-electron chi connectivity index (χ1n) is 7.69. The number of aryl methyl sites for hydroxylation is 2. The van der Waals surface area contributed by atoms with Crippen molar-refractivity contribution < 1.29 is 18.3 Å². The van der Waals surface area contributed by atoms with E-state index in [0.29, 0.717) is 25.6 Å². The van der Waals surface area contributed by atoms with Gasteiger partial charge in [0.25, 0.3) is 10.0 Å². The van der Waals surface area contributed by atoms with E-state index < -0.39 is 16.1 Å². The molecule has 0 radical (unpaired) electrons. The Morgan fingerprint density at radius 1 is 1.41 bits per heavy atom. The molecule has 1 aliphatic heterocycles. The molecule has 0 aromatic carbocycles. The summed E-state index contributed by atoms with van der Waals surface area (Å²) in [6, 6.07) is -0.307. The van der Waals surface area contributed by atoms with E-state index in [0.717, 1.165) is 19.3 Å². The quantitative estimate of drug-likeness (QED) is 0.861. The summed E-state index contributed by atoms with van der Waals surface area (Å²) in [5.74, 6) is 0.601. The van der Waals surface area contributed by atoms with E-state index in [9.17, 15) is 13.5 Å². The standard InChI is InChI=1S/C14H23N3O4S/c1-10-15-14(8-16(10)2)22(19,20)17-6-7-21-9-12(17)11-4-3-5-13(11)18/h8,11-13,18H,3-7,9H2,1-2H3/t11-,12+,13+/m0/s1. The molecule has 1 aliphatic carbocycles. The van der Waals surface area contributed by atoms with Gasteiger partial charge in [0.1, 0.15) is 5.82 Å². The van der Waals surface area contributed by atoms with Gasteiger partial charge in [-0.2, -0.15) is 4.31 Å². The predicted octanol–water partition coefficient (Wildman–Crippen LogP) is 0.279. The van der Waals surface area contributed by atoms with Gasteiger partial charge in [-0.1, -0.05) is 6.42 Å². The first-order chi connectivity index (χ1) is 10.4. The highest BCUT2D eigenvalue weighted by molar-refractivity contribution is 7.89. The summed E-state index contributed by atoms with van der Waals surface area (Å²) in [5.41, 5.74) is 0. The highest BCUT2D eigenvalue weighted by Gasteiger charge is 2.43. The minimum Gasteiger partial charge on any atom is -0.393 e. The molecule has 22 heavy (non-hydrogen) atoms. The van der Waals surface area contributed by atoms with Gasteiger partial charge in [0.15, 0.2) is 5.03 Å². The maximum absolute atomic E-state index is 12.9. The van der Waals surface area contributed by atoms with E-state index >= 15 is 0 Å². The van der Waals surface area contributed by atoms with E-state index in [1.54, 1.807) is 24.7 Å². The van der Waals surface area contributed by atoms with Crippen molar-refractivity contribution in [2.24, 2.45) is 13.0 Å². The molecule has 2 fully saturated rings. The van der Waals surface area contributed by atoms with Crippen molar-refractivity contribution in [3.05, 3.63) is 12.0 Å². The van der Waals surface area contributed by atoms with E-state index in [4.69, 9.17) is 4.74 Å². The fourth-order valence-corrected chi connectivity index (χ4v) is 5.10. The molecular formula is C14H23N3O4S. The van der Waals surface area contributed by atoms with Gasteiger partial charge < -0.3 is 14.4 Å². The van der Waals surface area contributed by atoms with Crippen molar-refractivity contribution in [1.29, 1.82) is 0 Å². The van der Waals surface area contributed by atoms with Crippen LogP contribution in [0.25, 0.3) is 0 Å². The van der Waals surface area contributed by atoms with E-state index in [1.807, 2.05) is 0 Å². The number of nitrogens with zero attached hydrogens (tertiary/aromatic N) is 3. The number of sulfonamides is 1. The molecule has 2 aliphatic rings. The lowest BCUT2D eigenvalue weighted by Gasteiger charge is -2.38. The molecule has 0 spiro atoms. The van der Waals surface area contributed by atoms with Crippen LogP contribution in [0.5, 0.6) is 0 Å². The van der Waals surface area contributed by atoms with Crippen LogP contribution in [0.3, 0.4) is 0 Å². The molecule has 8 heteroatoms. The highest BCUT2D eigenvalue weighted by atomic mass is 32.2. The summed E-state index contributed by atoms with van der Waals surface area (Å²) in [4.78, 5) is 4.17. The fourth-order valence-electron chi connectivity index (χ4n) is 3.43. The molecular weight excluding hydrogens is 306 g/mol. The Labute approximate surface area is 131 Å². The first kappa shape index (κ1) is 15.9. The normalized spacial score (nSPS) is 30.8. The van der Waals surface area contributed by atoms with Gasteiger partial charge in [-0.15, -0.1) is 0 Å². The van der Waals surface area contributed by atoms with E-state index in [2.05, 4.69) is 4.98 Å². The third kappa shape index (κ3) is 2.68. The molecule has 1 saturated carbocycles. The largest absolute Gasteiger partial charge is 0.393 e. The lowest BCUT2D eigenvalue weighted by atomic mass is 9.96. The lowest BCUT2D eigenvalue weighted by molar-refractivity contribution is -0.0148. The maximum atomic E-state index is 12.9. The summed E-state index contributed by atoms with van der Waals surface area (Å²) < 4.78 is 34.6. The maximum Gasteiger partial charge on any atom is 0.262 e. The van der Waals surface area contributed by atoms with Crippen molar-refractivity contribution in [2.75, 3.05) is 19.8 Å². The number of aliphatic hydroxyl groups excluding tert-OH is 1. The van der Waals surface area contributed by atoms with Gasteiger partial charge in [0.2, 0.25) is 0 Å². The summed E-state index contributed by atoms with van der Waals surface area (Å²) in [6.45, 7) is 2.81. The van der Waals surface area contributed by atoms with E-state index in [-0.39, 0.29) is 17.0 Å². The smallest absolute Gasteiger partial charge is 0.262 e. The average Bonchev–Trinajstić information content (AvgIpc) is 3.06. The molecule has 2 heterocycles. The molecule has 1 aromatic heterocycles. The molecule has 7 nitrogen and oxygen atoms in total. The van der Waals surface area contributed by atoms with Crippen LogP contribution in [-0.2, 0) is 21.8 Å². The molecule has 3 rings (SSSR count). The van der Waals surface area contributed by atoms with Crippen molar-refractivity contribution in [3.63, 3.8) is 0 Å². The van der Waals surface area contributed by atoms with Gasteiger partial charge in [-0.25, -0.2) is 13.4 Å². The van der Waals surface area contributed by atoms with Crippen LogP contribution in [-0.4, -0.2) is 59.3 Å². The molecule has 1 N–H and O–H groups in total. The molecule has 1 saturated heterocycles. The Bertz CT molecular complexity index is 623. The number of imidazole rings is 1. The molecule has 0 bridgehead atoms. The second kappa shape index (κ2) is 5.92. The van der Waals surface area contributed by atoms with Crippen LogP contribution in [0.1, 0.15) is 25.1 Å². The van der Waals surface area contributed by atoms with Gasteiger partial charge >= 0.3 is 0 Å². The fraction of sp³-hybridized carbons (Fsp3) is 0.786. The van der Waals surface area contributed by atoms with Crippen LogP contribution >= 0.6 is 0 Å². The monoisotopic (exact) mass is 329 g/mol. The Kier molecular flexibility index (Phi) is 4.28. The zero-order valence-corrected chi connectivity index (χ0v) is 13.8. The summed E-state index contributed by atoms with van der Waals surface area (Å²) in [7, 11) is -1.89. The number of hydrogen-bond acceptors (Lipinski definition) is 5. The zero-order valence-electron chi connectivity index (χ0n) is 13.0. The lowest BCUT2D eigenvalue weighted by Crippen LogP contribution is -2.53. The van der Waals surface area contributed by atoms with Crippen molar-refractivity contribution in [3.8, 4) is 0 Å². The Balaban J connectivity index is 1.92. The number of hydrogen-bond donors (Lipinski definition) is 1. The van der Waals surface area contributed by atoms with Crippen molar-refractivity contribution >= 4 is 10.0 Å². The third-order valence-corrected chi connectivity index (χ3v) is 6.60. The van der Waals surface area contributed by atoms with Gasteiger partial charge in [-0.3, -0.25) is 0 Å². The summed E-state index contributed by atoms with van der Waals surface area (Å²) in [6.07, 6.45) is 3.59. The van der Waals surface area contributed by atoms with E-state index in [1.165, 1.54) is 4.31 Å². The highest BCUT2D eigenvalue weighted by Crippen LogP contribution is 2.34. The minimum absolute atomic E-state index is 0.0557. The summed E-state index contributed by atoms with van der Waals surface area (Å²) in [5, 5.41) is 10.2. The number of aromatic nitrogens is 2. The molecule has 124 valence electrons. The summed E-state index contributed by atoms with van der Waals surface area (Å²) >= 11 is 0. The SMILES string of the molecule is Cc1nc(S(=O)(=O)N2CCOC[C@@H]2[C@@H]2CCC[C@H]2O)cn1C. The Hall–Kier alpha value is -0.960. The number of rotatable bonds is 3. The van der Waals surface area contributed by atoms with Gasteiger partial charge in [0.05, 0.1) is 25.4 Å². The molecule has 0 unspecified atom stereocenters. The Morgan fingerprint density at radius 2 is 2.18 bits per heavy atom. The van der Waals surface area contributed by atoms with Crippen molar-refractivity contribution in [2.45, 2.75) is 43.4 Å². The number of aliphatic hydroxyl groups is 1. The molecule has 1 aromatic rings. The third-order valence-electron chi connectivity index (χ3n) is 4.80. The second-order valence-electron chi connectivity index (χ2n) is 6.16. The zero-order chi connectivity index (χ0) is 15.9. The van der Waals surface area contributed by atoms with Crippen LogP contribution < -0.4 is 0 Å².